The molecule has 4 rings (SSSR count). The van der Waals surface area contributed by atoms with E-state index in [2.05, 4.69) is 32.7 Å². The van der Waals surface area contributed by atoms with Crippen LogP contribution in [0.1, 0.15) is 28.7 Å². The van der Waals surface area contributed by atoms with Gasteiger partial charge in [0.15, 0.2) is 11.6 Å². The van der Waals surface area contributed by atoms with E-state index in [-0.39, 0.29) is 11.6 Å². The van der Waals surface area contributed by atoms with Crippen LogP contribution >= 0.6 is 0 Å². The third kappa shape index (κ3) is 4.52. The number of nitrogens with one attached hydrogen (secondary N) is 2. The molecule has 0 fully saturated rings. The third-order valence-corrected chi connectivity index (χ3v) is 4.49. The molecule has 0 spiro atoms. The first-order valence-corrected chi connectivity index (χ1v) is 9.66. The fourth-order valence-corrected chi connectivity index (χ4v) is 2.92. The van der Waals surface area contributed by atoms with E-state index in [0.717, 1.165) is 12.0 Å². The number of rotatable bonds is 6. The van der Waals surface area contributed by atoms with Crippen LogP contribution in [-0.2, 0) is 6.42 Å². The van der Waals surface area contributed by atoms with E-state index < -0.39 is 0 Å². The quantitative estimate of drug-likeness (QED) is 0.474. The Hall–Kier alpha value is -4.00. The van der Waals surface area contributed by atoms with Crippen molar-refractivity contribution in [2.75, 3.05) is 10.6 Å². The largest absolute Gasteiger partial charge is 0.360 e. The van der Waals surface area contributed by atoms with Gasteiger partial charge in [0.05, 0.1) is 0 Å². The molecule has 2 heterocycles. The van der Waals surface area contributed by atoms with Gasteiger partial charge < -0.3 is 15.2 Å². The van der Waals surface area contributed by atoms with E-state index in [1.54, 1.807) is 19.1 Å². The van der Waals surface area contributed by atoms with Crippen LogP contribution in [0.25, 0.3) is 11.4 Å². The van der Waals surface area contributed by atoms with Crippen molar-refractivity contribution in [2.24, 2.45) is 0 Å². The first kappa shape index (κ1) is 19.3. The number of nitrogens with zero attached hydrogens (tertiary/aromatic N) is 3. The maximum absolute atomic E-state index is 12.9. The molecular weight excluding hydrogens is 378 g/mol. The van der Waals surface area contributed by atoms with Gasteiger partial charge in [-0.1, -0.05) is 54.5 Å². The van der Waals surface area contributed by atoms with Crippen LogP contribution in [0, 0.1) is 6.92 Å². The van der Waals surface area contributed by atoms with Crippen molar-refractivity contribution >= 4 is 23.2 Å². The Morgan fingerprint density at radius 3 is 2.40 bits per heavy atom. The predicted octanol–water partition coefficient (Wildman–Crippen LogP) is 5.00. The van der Waals surface area contributed by atoms with Crippen molar-refractivity contribution in [3.63, 3.8) is 0 Å². The predicted molar refractivity (Wildman–Crippen MR) is 116 cm³/mol. The van der Waals surface area contributed by atoms with Crippen LogP contribution in [0.3, 0.4) is 0 Å². The van der Waals surface area contributed by atoms with Crippen molar-refractivity contribution in [3.8, 4) is 11.4 Å². The minimum atomic E-state index is -0.321. The molecule has 0 radical (unpaired) electrons. The first-order valence-electron chi connectivity index (χ1n) is 9.66. The first-order chi connectivity index (χ1) is 14.6. The second kappa shape index (κ2) is 8.57. The highest BCUT2D eigenvalue weighted by atomic mass is 16.5. The Morgan fingerprint density at radius 1 is 0.967 bits per heavy atom. The highest BCUT2D eigenvalue weighted by Crippen LogP contribution is 2.21. The van der Waals surface area contributed by atoms with Gasteiger partial charge in [0, 0.05) is 23.4 Å². The zero-order valence-electron chi connectivity index (χ0n) is 16.7. The summed E-state index contributed by atoms with van der Waals surface area (Å²) in [6.07, 6.45) is 0.942. The SMILES string of the molecule is CCc1ccc(NC(=O)c2cc(Nc3cc(C)on3)nc(-c3ccccc3)n2)cc1. The maximum atomic E-state index is 12.9. The molecule has 30 heavy (non-hydrogen) atoms. The summed E-state index contributed by atoms with van der Waals surface area (Å²) < 4.78 is 5.09. The summed E-state index contributed by atoms with van der Waals surface area (Å²) in [7, 11) is 0. The van der Waals surface area contributed by atoms with E-state index in [9.17, 15) is 4.79 Å². The van der Waals surface area contributed by atoms with Gasteiger partial charge in [0.25, 0.3) is 5.91 Å². The van der Waals surface area contributed by atoms with Crippen LogP contribution in [0.2, 0.25) is 0 Å². The monoisotopic (exact) mass is 399 g/mol. The van der Waals surface area contributed by atoms with Gasteiger partial charge in [-0.05, 0) is 31.0 Å². The van der Waals surface area contributed by atoms with E-state index in [1.165, 1.54) is 5.56 Å². The highest BCUT2D eigenvalue weighted by molar-refractivity contribution is 6.03. The molecule has 4 aromatic rings. The van der Waals surface area contributed by atoms with Gasteiger partial charge in [-0.15, -0.1) is 0 Å². The lowest BCUT2D eigenvalue weighted by Gasteiger charge is -2.10. The number of hydrogen-bond acceptors (Lipinski definition) is 6. The Morgan fingerprint density at radius 2 is 1.73 bits per heavy atom. The molecule has 0 saturated heterocycles. The summed E-state index contributed by atoms with van der Waals surface area (Å²) >= 11 is 0. The van der Waals surface area contributed by atoms with E-state index >= 15 is 0 Å². The van der Waals surface area contributed by atoms with E-state index in [1.807, 2.05) is 54.6 Å². The summed E-state index contributed by atoms with van der Waals surface area (Å²) in [4.78, 5) is 21.9. The van der Waals surface area contributed by atoms with Crippen molar-refractivity contribution < 1.29 is 9.32 Å². The lowest BCUT2D eigenvalue weighted by Crippen LogP contribution is -2.15. The zero-order chi connectivity index (χ0) is 20.9. The third-order valence-electron chi connectivity index (χ3n) is 4.49. The maximum Gasteiger partial charge on any atom is 0.274 e. The van der Waals surface area contributed by atoms with Gasteiger partial charge in [-0.25, -0.2) is 9.97 Å². The van der Waals surface area contributed by atoms with E-state index in [0.29, 0.717) is 28.9 Å². The molecule has 7 nitrogen and oxygen atoms in total. The van der Waals surface area contributed by atoms with Gasteiger partial charge in [-0.3, -0.25) is 4.79 Å². The van der Waals surface area contributed by atoms with Crippen LogP contribution < -0.4 is 10.6 Å². The molecule has 0 saturated carbocycles. The summed E-state index contributed by atoms with van der Waals surface area (Å²) in [5.41, 5.74) is 2.96. The Bertz CT molecular complexity index is 1150. The lowest BCUT2D eigenvalue weighted by atomic mass is 10.1. The summed E-state index contributed by atoms with van der Waals surface area (Å²) in [6.45, 7) is 3.89. The molecule has 7 heteroatoms. The topological polar surface area (TPSA) is 92.9 Å². The number of aryl methyl sites for hydroxylation is 2. The van der Waals surface area contributed by atoms with Crippen molar-refractivity contribution in [3.05, 3.63) is 83.7 Å². The molecule has 0 aliphatic heterocycles. The molecule has 2 N–H and O–H groups in total. The molecule has 2 aromatic heterocycles. The number of hydrogen-bond donors (Lipinski definition) is 2. The number of carbonyl (C=O) groups is 1. The average molecular weight is 399 g/mol. The zero-order valence-corrected chi connectivity index (χ0v) is 16.7. The number of aromatic nitrogens is 3. The average Bonchev–Trinajstić information content (AvgIpc) is 3.19. The van der Waals surface area contributed by atoms with Gasteiger partial charge in [0.1, 0.15) is 17.3 Å². The second-order valence-electron chi connectivity index (χ2n) is 6.78. The molecule has 150 valence electrons. The summed E-state index contributed by atoms with van der Waals surface area (Å²) in [6, 6.07) is 20.6. The number of amides is 1. The number of benzene rings is 2. The molecule has 1 amide bonds. The summed E-state index contributed by atoms with van der Waals surface area (Å²) in [5, 5.41) is 9.89. The Labute approximate surface area is 174 Å². The fourth-order valence-electron chi connectivity index (χ4n) is 2.92. The lowest BCUT2D eigenvalue weighted by molar-refractivity contribution is 0.102. The van der Waals surface area contributed by atoms with Gasteiger partial charge in [0.2, 0.25) is 0 Å². The van der Waals surface area contributed by atoms with Gasteiger partial charge >= 0.3 is 0 Å². The standard InChI is InChI=1S/C23H21N5O2/c1-3-16-9-11-18(12-10-16)24-23(29)19-14-20(26-21-13-15(2)30-28-21)27-22(25-19)17-7-5-4-6-8-17/h4-14H,3H2,1-2H3,(H,24,29)(H,25,26,27,28). The molecule has 0 atom stereocenters. The smallest absolute Gasteiger partial charge is 0.274 e. The molecule has 0 aliphatic carbocycles. The van der Waals surface area contributed by atoms with Crippen molar-refractivity contribution in [1.29, 1.82) is 0 Å². The molecule has 0 aliphatic rings. The fraction of sp³-hybridized carbons (Fsp3) is 0.130. The summed E-state index contributed by atoms with van der Waals surface area (Å²) in [5.74, 6) is 1.74. The van der Waals surface area contributed by atoms with Crippen LogP contribution in [-0.4, -0.2) is 21.0 Å². The normalized spacial score (nSPS) is 10.6. The number of carbonyl (C=O) groups excluding carboxylic acids is 1. The highest BCUT2D eigenvalue weighted by Gasteiger charge is 2.14. The molecule has 2 aromatic carbocycles. The number of anilines is 3. The Balaban J connectivity index is 1.66. The van der Waals surface area contributed by atoms with Crippen LogP contribution in [0.4, 0.5) is 17.3 Å². The van der Waals surface area contributed by atoms with Crippen LogP contribution in [0.5, 0.6) is 0 Å². The van der Waals surface area contributed by atoms with Gasteiger partial charge in [-0.2, -0.15) is 0 Å². The second-order valence-corrected chi connectivity index (χ2v) is 6.78. The van der Waals surface area contributed by atoms with E-state index in [4.69, 9.17) is 4.52 Å². The van der Waals surface area contributed by atoms with Crippen molar-refractivity contribution in [2.45, 2.75) is 20.3 Å². The minimum Gasteiger partial charge on any atom is -0.360 e. The molecule has 0 unspecified atom stereocenters. The molecular formula is C23H21N5O2. The Kier molecular flexibility index (Phi) is 5.52. The minimum absolute atomic E-state index is 0.242. The molecule has 0 bridgehead atoms. The van der Waals surface area contributed by atoms with Crippen molar-refractivity contribution in [1.82, 2.24) is 15.1 Å². The van der Waals surface area contributed by atoms with Crippen LogP contribution in [0.15, 0.2) is 71.3 Å².